The maximum absolute atomic E-state index is 13.1. The van der Waals surface area contributed by atoms with Gasteiger partial charge < -0.3 is 15.3 Å². The maximum Gasteiger partial charge on any atom is 0.419 e. The highest BCUT2D eigenvalue weighted by Gasteiger charge is 2.37. The Kier molecular flexibility index (Phi) is 3.75. The molecule has 2 N–H and O–H groups in total. The Labute approximate surface area is 116 Å². The quantitative estimate of drug-likeness (QED) is 0.824. The monoisotopic (exact) mass is 306 g/mol. The van der Waals surface area contributed by atoms with Crippen LogP contribution in [0.3, 0.4) is 0 Å². The van der Waals surface area contributed by atoms with E-state index in [-0.39, 0.29) is 18.8 Å². The first-order valence-electron chi connectivity index (χ1n) is 5.84. The molecule has 0 unspecified atom stereocenters. The summed E-state index contributed by atoms with van der Waals surface area (Å²) in [6, 6.07) is 1.36. The van der Waals surface area contributed by atoms with E-state index in [2.05, 4.69) is 5.32 Å². The number of amides is 2. The van der Waals surface area contributed by atoms with Gasteiger partial charge in [0.25, 0.3) is 0 Å². The molecule has 0 spiro atoms. The van der Waals surface area contributed by atoms with Gasteiger partial charge in [0.1, 0.15) is 5.82 Å². The number of anilines is 1. The van der Waals surface area contributed by atoms with Crippen LogP contribution in [0.5, 0.6) is 0 Å². The number of alkyl halides is 3. The summed E-state index contributed by atoms with van der Waals surface area (Å²) in [6.45, 7) is -0.0387. The Balaban J connectivity index is 2.04. The van der Waals surface area contributed by atoms with Crippen LogP contribution in [0.25, 0.3) is 0 Å². The number of hydrogen-bond acceptors (Lipinski definition) is 2. The van der Waals surface area contributed by atoms with Crippen molar-refractivity contribution in [3.63, 3.8) is 0 Å². The second kappa shape index (κ2) is 5.23. The van der Waals surface area contributed by atoms with Gasteiger partial charge in [-0.25, -0.2) is 9.18 Å². The number of urea groups is 1. The van der Waals surface area contributed by atoms with Crippen molar-refractivity contribution in [2.75, 3.05) is 18.4 Å². The number of rotatable bonds is 2. The van der Waals surface area contributed by atoms with Crippen molar-refractivity contribution in [2.45, 2.75) is 6.18 Å². The number of halogens is 4. The molecule has 0 atom stereocenters. The molecule has 21 heavy (non-hydrogen) atoms. The topological polar surface area (TPSA) is 69.6 Å². The molecule has 0 aliphatic carbocycles. The van der Waals surface area contributed by atoms with Crippen LogP contribution in [0.15, 0.2) is 18.2 Å². The van der Waals surface area contributed by atoms with Gasteiger partial charge in [0.15, 0.2) is 0 Å². The molecule has 0 radical (unpaired) electrons. The average Bonchev–Trinajstić information content (AvgIpc) is 2.27. The van der Waals surface area contributed by atoms with Crippen molar-refractivity contribution in [2.24, 2.45) is 5.92 Å². The predicted molar refractivity (Wildman–Crippen MR) is 63.1 cm³/mol. The number of likely N-dealkylation sites (tertiary alicyclic amines) is 1. The van der Waals surface area contributed by atoms with Crippen molar-refractivity contribution in [1.82, 2.24) is 4.90 Å². The fourth-order valence-electron chi connectivity index (χ4n) is 1.82. The van der Waals surface area contributed by atoms with Crippen LogP contribution in [0.1, 0.15) is 5.56 Å². The second-order valence-electron chi connectivity index (χ2n) is 4.56. The fourth-order valence-corrected chi connectivity index (χ4v) is 1.82. The number of aliphatic carboxylic acids is 1. The minimum absolute atomic E-state index is 0.0194. The van der Waals surface area contributed by atoms with Crippen LogP contribution in [0, 0.1) is 11.7 Å². The van der Waals surface area contributed by atoms with Crippen LogP contribution in [0.2, 0.25) is 0 Å². The zero-order valence-corrected chi connectivity index (χ0v) is 10.4. The third kappa shape index (κ3) is 3.23. The van der Waals surface area contributed by atoms with Gasteiger partial charge in [-0.3, -0.25) is 4.79 Å². The molecule has 1 aliphatic heterocycles. The maximum atomic E-state index is 13.1. The molecule has 1 heterocycles. The summed E-state index contributed by atoms with van der Waals surface area (Å²) in [5, 5.41) is 10.8. The largest absolute Gasteiger partial charge is 0.481 e. The molecular weight excluding hydrogens is 296 g/mol. The highest BCUT2D eigenvalue weighted by Crippen LogP contribution is 2.33. The van der Waals surface area contributed by atoms with E-state index in [4.69, 9.17) is 5.11 Å². The van der Waals surface area contributed by atoms with Crippen molar-refractivity contribution in [3.8, 4) is 0 Å². The van der Waals surface area contributed by atoms with E-state index in [1.54, 1.807) is 0 Å². The molecular formula is C12H10F4N2O3. The van der Waals surface area contributed by atoms with Gasteiger partial charge in [0.2, 0.25) is 0 Å². The van der Waals surface area contributed by atoms with Gasteiger partial charge in [-0.2, -0.15) is 13.2 Å². The zero-order valence-electron chi connectivity index (χ0n) is 10.4. The Hall–Kier alpha value is -2.32. The standard InChI is InChI=1S/C12H10F4N2O3/c13-9-2-1-7(3-8(9)12(14,15)16)17-11(21)18-4-6(5-18)10(19)20/h1-3,6H,4-5H2,(H,17,21)(H,19,20). The normalized spacial score (nSPS) is 15.5. The number of nitrogens with one attached hydrogen (secondary N) is 1. The molecule has 114 valence electrons. The lowest BCUT2D eigenvalue weighted by Gasteiger charge is -2.36. The Morgan fingerprint density at radius 1 is 1.29 bits per heavy atom. The molecule has 0 aromatic heterocycles. The number of carboxylic acid groups (broad SMARTS) is 1. The van der Waals surface area contributed by atoms with Crippen molar-refractivity contribution in [3.05, 3.63) is 29.6 Å². The highest BCUT2D eigenvalue weighted by molar-refractivity contribution is 5.91. The summed E-state index contributed by atoms with van der Waals surface area (Å²) in [7, 11) is 0. The van der Waals surface area contributed by atoms with Crippen molar-refractivity contribution in [1.29, 1.82) is 0 Å². The molecule has 0 saturated carbocycles. The average molecular weight is 306 g/mol. The molecule has 1 aromatic rings. The molecule has 1 fully saturated rings. The van der Waals surface area contributed by atoms with Crippen LogP contribution in [-0.2, 0) is 11.0 Å². The number of nitrogens with zero attached hydrogens (tertiary/aromatic N) is 1. The first kappa shape index (κ1) is 15.1. The van der Waals surface area contributed by atoms with Gasteiger partial charge in [0.05, 0.1) is 11.5 Å². The van der Waals surface area contributed by atoms with Gasteiger partial charge in [-0.1, -0.05) is 0 Å². The predicted octanol–water partition coefficient (Wildman–Crippen LogP) is 2.39. The Morgan fingerprint density at radius 3 is 2.43 bits per heavy atom. The summed E-state index contributed by atoms with van der Waals surface area (Å²) in [5.41, 5.74) is -1.69. The van der Waals surface area contributed by atoms with E-state index in [0.29, 0.717) is 12.1 Å². The van der Waals surface area contributed by atoms with Gasteiger partial charge in [-0.05, 0) is 18.2 Å². The van der Waals surface area contributed by atoms with E-state index >= 15 is 0 Å². The number of carbonyl (C=O) groups excluding carboxylic acids is 1. The number of carboxylic acids is 1. The van der Waals surface area contributed by atoms with E-state index in [1.807, 2.05) is 0 Å². The van der Waals surface area contributed by atoms with Crippen LogP contribution >= 0.6 is 0 Å². The lowest BCUT2D eigenvalue weighted by Crippen LogP contribution is -2.54. The van der Waals surface area contributed by atoms with E-state index in [1.165, 1.54) is 0 Å². The van der Waals surface area contributed by atoms with Crippen LogP contribution in [0.4, 0.5) is 28.0 Å². The van der Waals surface area contributed by atoms with E-state index in [9.17, 15) is 27.2 Å². The second-order valence-corrected chi connectivity index (χ2v) is 4.56. The highest BCUT2D eigenvalue weighted by atomic mass is 19.4. The molecule has 1 aromatic carbocycles. The zero-order chi connectivity index (χ0) is 15.8. The molecule has 9 heteroatoms. The van der Waals surface area contributed by atoms with E-state index in [0.717, 1.165) is 11.0 Å². The number of benzene rings is 1. The molecule has 2 rings (SSSR count). The summed E-state index contributed by atoms with van der Waals surface area (Å²) < 4.78 is 50.6. The lowest BCUT2D eigenvalue weighted by molar-refractivity contribution is -0.146. The lowest BCUT2D eigenvalue weighted by atomic mass is 10.0. The van der Waals surface area contributed by atoms with Crippen molar-refractivity contribution >= 4 is 17.7 Å². The fraction of sp³-hybridized carbons (Fsp3) is 0.333. The molecule has 0 bridgehead atoms. The molecule has 5 nitrogen and oxygen atoms in total. The minimum atomic E-state index is -4.87. The summed E-state index contributed by atoms with van der Waals surface area (Å²) >= 11 is 0. The number of carbonyl (C=O) groups is 2. The smallest absolute Gasteiger partial charge is 0.419 e. The molecule has 2 amide bonds. The van der Waals surface area contributed by atoms with Gasteiger partial charge in [-0.15, -0.1) is 0 Å². The molecule has 1 saturated heterocycles. The van der Waals surface area contributed by atoms with Crippen LogP contribution < -0.4 is 5.32 Å². The first-order chi connectivity index (χ1) is 9.68. The summed E-state index contributed by atoms with van der Waals surface area (Å²) in [4.78, 5) is 23.4. The Bertz CT molecular complexity index is 582. The number of hydrogen-bond donors (Lipinski definition) is 2. The Morgan fingerprint density at radius 2 is 1.90 bits per heavy atom. The first-order valence-corrected chi connectivity index (χ1v) is 5.84. The van der Waals surface area contributed by atoms with E-state index < -0.39 is 35.5 Å². The van der Waals surface area contributed by atoms with Crippen LogP contribution in [-0.4, -0.2) is 35.1 Å². The third-order valence-corrected chi connectivity index (χ3v) is 3.04. The third-order valence-electron chi connectivity index (χ3n) is 3.04. The SMILES string of the molecule is O=C(O)C1CN(C(=O)Nc2ccc(F)c(C(F)(F)F)c2)C1. The van der Waals surface area contributed by atoms with Gasteiger partial charge in [0, 0.05) is 18.8 Å². The minimum Gasteiger partial charge on any atom is -0.481 e. The van der Waals surface area contributed by atoms with Gasteiger partial charge >= 0.3 is 18.2 Å². The summed E-state index contributed by atoms with van der Waals surface area (Å²) in [5.74, 6) is -3.15. The summed E-state index contributed by atoms with van der Waals surface area (Å²) in [6.07, 6.45) is -4.87. The molecule has 1 aliphatic rings. The van der Waals surface area contributed by atoms with Crippen molar-refractivity contribution < 1.29 is 32.3 Å².